The summed E-state index contributed by atoms with van der Waals surface area (Å²) in [5, 5.41) is 9.14. The number of aliphatic carboxylic acids is 1. The van der Waals surface area contributed by atoms with Crippen molar-refractivity contribution in [2.24, 2.45) is 35.5 Å². The molecule has 12 heteroatoms. The molecule has 0 atom stereocenters. The third-order valence-corrected chi connectivity index (χ3v) is 9.92. The highest BCUT2D eigenvalue weighted by Crippen LogP contribution is 2.34. The van der Waals surface area contributed by atoms with Crippen LogP contribution in [-0.4, -0.2) is 48.0 Å². The summed E-state index contributed by atoms with van der Waals surface area (Å²) in [4.78, 5) is 73.6. The second-order valence-corrected chi connectivity index (χ2v) is 13.1. The van der Waals surface area contributed by atoms with E-state index in [0.29, 0.717) is 100 Å². The first-order chi connectivity index (χ1) is 23.6. The van der Waals surface area contributed by atoms with Crippen molar-refractivity contribution < 1.29 is 57.6 Å². The minimum atomic E-state index is -0.831. The molecular formula is C37H42O12. The van der Waals surface area contributed by atoms with Crippen molar-refractivity contribution in [3.8, 4) is 23.0 Å². The molecule has 3 saturated carbocycles. The van der Waals surface area contributed by atoms with Crippen LogP contribution in [0.3, 0.4) is 0 Å². The van der Waals surface area contributed by atoms with Gasteiger partial charge in [-0.25, -0.2) is 0 Å². The highest BCUT2D eigenvalue weighted by molar-refractivity contribution is 5.79. The number of carbonyl (C=O) groups is 6. The fourth-order valence-corrected chi connectivity index (χ4v) is 6.82. The van der Waals surface area contributed by atoms with E-state index in [9.17, 15) is 28.8 Å². The number of methoxy groups -OCH3 is 1. The Morgan fingerprint density at radius 1 is 0.408 bits per heavy atom. The van der Waals surface area contributed by atoms with Gasteiger partial charge in [-0.2, -0.15) is 0 Å². The molecule has 0 aliphatic heterocycles. The standard InChI is InChI=1S/C37H42O12/c1-45-33(40)23-6-8-25(9-7-23)35(42)47-29-18-20-31(21-19-29)49-37(44)27-12-10-26(11-13-27)36(43)48-30-16-14-28(15-17-30)46-34(41)24-4-2-22(3-5-24)32(38)39/h14-27H,2-13H2,1H3,(H,38,39). The first-order valence-electron chi connectivity index (χ1n) is 17.0. The van der Waals surface area contributed by atoms with Crippen molar-refractivity contribution in [2.45, 2.75) is 77.0 Å². The summed E-state index contributed by atoms with van der Waals surface area (Å²) in [5.41, 5.74) is 0. The van der Waals surface area contributed by atoms with E-state index in [-0.39, 0.29) is 47.5 Å². The summed E-state index contributed by atoms with van der Waals surface area (Å²) >= 11 is 0. The Balaban J connectivity index is 1.000. The molecule has 5 rings (SSSR count). The van der Waals surface area contributed by atoms with Gasteiger partial charge in [0.25, 0.3) is 0 Å². The van der Waals surface area contributed by atoms with Crippen LogP contribution in [0.1, 0.15) is 77.0 Å². The van der Waals surface area contributed by atoms with Crippen LogP contribution in [0.5, 0.6) is 23.0 Å². The molecule has 0 heterocycles. The van der Waals surface area contributed by atoms with E-state index in [1.54, 1.807) is 48.5 Å². The topological polar surface area (TPSA) is 169 Å². The Morgan fingerprint density at radius 3 is 0.816 bits per heavy atom. The maximum Gasteiger partial charge on any atom is 0.314 e. The van der Waals surface area contributed by atoms with E-state index in [4.69, 9.17) is 28.8 Å². The summed E-state index contributed by atoms with van der Waals surface area (Å²) in [6.07, 6.45) is 6.00. The molecule has 0 spiro atoms. The fraction of sp³-hybridized carbons (Fsp3) is 0.514. The van der Waals surface area contributed by atoms with Crippen LogP contribution >= 0.6 is 0 Å². The lowest BCUT2D eigenvalue weighted by Crippen LogP contribution is -2.30. The van der Waals surface area contributed by atoms with Gasteiger partial charge < -0.3 is 28.8 Å². The molecule has 3 fully saturated rings. The number of carbonyl (C=O) groups excluding carboxylic acids is 5. The molecule has 12 nitrogen and oxygen atoms in total. The van der Waals surface area contributed by atoms with E-state index < -0.39 is 23.8 Å². The smallest absolute Gasteiger partial charge is 0.314 e. The largest absolute Gasteiger partial charge is 0.481 e. The Morgan fingerprint density at radius 2 is 0.612 bits per heavy atom. The van der Waals surface area contributed by atoms with Crippen LogP contribution in [0, 0.1) is 35.5 Å². The monoisotopic (exact) mass is 678 g/mol. The first-order valence-corrected chi connectivity index (χ1v) is 17.0. The quantitative estimate of drug-likeness (QED) is 0.241. The van der Waals surface area contributed by atoms with Crippen LogP contribution in [0.15, 0.2) is 48.5 Å². The summed E-state index contributed by atoms with van der Waals surface area (Å²) < 4.78 is 26.9. The number of esters is 5. The zero-order chi connectivity index (χ0) is 34.9. The van der Waals surface area contributed by atoms with Gasteiger partial charge in [0.2, 0.25) is 0 Å². The van der Waals surface area contributed by atoms with Crippen molar-refractivity contribution in [1.82, 2.24) is 0 Å². The van der Waals surface area contributed by atoms with Crippen LogP contribution in [0.25, 0.3) is 0 Å². The molecular weight excluding hydrogens is 636 g/mol. The lowest BCUT2D eigenvalue weighted by atomic mass is 9.82. The predicted octanol–water partition coefficient (Wildman–Crippen LogP) is 5.69. The van der Waals surface area contributed by atoms with E-state index >= 15 is 0 Å². The number of carboxylic acid groups (broad SMARTS) is 1. The van der Waals surface area contributed by atoms with E-state index in [0.717, 1.165) is 0 Å². The average molecular weight is 679 g/mol. The summed E-state index contributed by atoms with van der Waals surface area (Å²) in [5.74, 6) is -3.26. The van der Waals surface area contributed by atoms with Gasteiger partial charge in [-0.1, -0.05) is 0 Å². The van der Waals surface area contributed by atoms with Gasteiger partial charge in [-0.05, 0) is 126 Å². The van der Waals surface area contributed by atoms with Gasteiger partial charge in [-0.3, -0.25) is 28.8 Å². The molecule has 0 radical (unpaired) electrons. The highest BCUT2D eigenvalue weighted by Gasteiger charge is 2.34. The SMILES string of the molecule is COC(=O)C1CCC(C(=O)Oc2ccc(OC(=O)C3CCC(C(=O)Oc4ccc(OC(=O)C5CCC(C(=O)O)CC5)cc4)CC3)cc2)CC1. The van der Waals surface area contributed by atoms with Crippen molar-refractivity contribution in [2.75, 3.05) is 7.11 Å². The third kappa shape index (κ3) is 9.67. The van der Waals surface area contributed by atoms with E-state index in [2.05, 4.69) is 0 Å². The minimum Gasteiger partial charge on any atom is -0.481 e. The van der Waals surface area contributed by atoms with Crippen LogP contribution < -0.4 is 18.9 Å². The molecule has 0 saturated heterocycles. The molecule has 49 heavy (non-hydrogen) atoms. The zero-order valence-electron chi connectivity index (χ0n) is 27.5. The number of ether oxygens (including phenoxy) is 5. The summed E-state index contributed by atoms with van der Waals surface area (Å²) in [7, 11) is 1.36. The molecule has 0 bridgehead atoms. The van der Waals surface area contributed by atoms with Crippen LogP contribution in [0.2, 0.25) is 0 Å². The Hall–Kier alpha value is -4.74. The van der Waals surface area contributed by atoms with Crippen LogP contribution in [0.4, 0.5) is 0 Å². The van der Waals surface area contributed by atoms with E-state index in [1.807, 2.05) is 0 Å². The van der Waals surface area contributed by atoms with Gasteiger partial charge in [0, 0.05) is 0 Å². The average Bonchev–Trinajstić information content (AvgIpc) is 3.13. The van der Waals surface area contributed by atoms with Gasteiger partial charge in [-0.15, -0.1) is 0 Å². The maximum absolute atomic E-state index is 12.8. The molecule has 2 aromatic carbocycles. The lowest BCUT2D eigenvalue weighted by molar-refractivity contribution is -0.149. The molecule has 1 N–H and O–H groups in total. The van der Waals surface area contributed by atoms with Crippen LogP contribution in [-0.2, 0) is 33.5 Å². The lowest BCUT2D eigenvalue weighted by Gasteiger charge is -2.26. The van der Waals surface area contributed by atoms with Crippen molar-refractivity contribution in [3.63, 3.8) is 0 Å². The zero-order valence-corrected chi connectivity index (χ0v) is 27.5. The number of rotatable bonds is 10. The second kappa shape index (κ2) is 16.6. The Labute approximate surface area is 284 Å². The summed E-state index contributed by atoms with van der Waals surface area (Å²) in [6, 6.07) is 12.5. The summed E-state index contributed by atoms with van der Waals surface area (Å²) in [6.45, 7) is 0. The van der Waals surface area contributed by atoms with Gasteiger partial charge in [0.05, 0.1) is 42.6 Å². The van der Waals surface area contributed by atoms with Crippen molar-refractivity contribution in [1.29, 1.82) is 0 Å². The highest BCUT2D eigenvalue weighted by atomic mass is 16.6. The third-order valence-electron chi connectivity index (χ3n) is 9.92. The molecule has 0 amide bonds. The fourth-order valence-electron chi connectivity index (χ4n) is 6.82. The molecule has 3 aliphatic carbocycles. The normalized spacial score (nSPS) is 25.2. The molecule has 0 aromatic heterocycles. The number of carboxylic acids is 1. The first kappa shape index (κ1) is 35.6. The van der Waals surface area contributed by atoms with Gasteiger partial charge in [0.1, 0.15) is 23.0 Å². The molecule has 2 aromatic rings. The number of hydrogen-bond acceptors (Lipinski definition) is 11. The van der Waals surface area contributed by atoms with Gasteiger partial charge >= 0.3 is 35.8 Å². The predicted molar refractivity (Wildman–Crippen MR) is 171 cm³/mol. The second-order valence-electron chi connectivity index (χ2n) is 13.1. The van der Waals surface area contributed by atoms with Gasteiger partial charge in [0.15, 0.2) is 0 Å². The minimum absolute atomic E-state index is 0.178. The number of hydrogen-bond donors (Lipinski definition) is 1. The molecule has 0 unspecified atom stereocenters. The Kier molecular flexibility index (Phi) is 12.0. The van der Waals surface area contributed by atoms with E-state index in [1.165, 1.54) is 7.11 Å². The number of benzene rings is 2. The van der Waals surface area contributed by atoms with Crippen molar-refractivity contribution in [3.05, 3.63) is 48.5 Å². The maximum atomic E-state index is 12.8. The van der Waals surface area contributed by atoms with Crippen molar-refractivity contribution >= 4 is 35.8 Å². The molecule has 3 aliphatic rings. The Bertz CT molecular complexity index is 1490. The molecule has 262 valence electrons.